The summed E-state index contributed by atoms with van der Waals surface area (Å²) in [6.45, 7) is 7.30. The van der Waals surface area contributed by atoms with E-state index in [1.165, 1.54) is 16.7 Å². The molecule has 0 saturated carbocycles. The lowest BCUT2D eigenvalue weighted by molar-refractivity contribution is -0.120. The molecule has 0 bridgehead atoms. The minimum atomic E-state index is -0.121. The van der Waals surface area contributed by atoms with E-state index in [0.29, 0.717) is 13.0 Å². The molecule has 0 aromatic heterocycles. The van der Waals surface area contributed by atoms with Crippen molar-refractivity contribution in [3.63, 3.8) is 0 Å². The maximum Gasteiger partial charge on any atom is 0.270 e. The number of ether oxygens (including phenoxy) is 1. The lowest BCUT2D eigenvalue weighted by Crippen LogP contribution is -2.39. The summed E-state index contributed by atoms with van der Waals surface area (Å²) in [5.41, 5.74) is 3.82. The molecule has 2 aliphatic heterocycles. The summed E-state index contributed by atoms with van der Waals surface area (Å²) in [5, 5.41) is 0. The molecule has 0 saturated heterocycles. The SMILES string of the molecule is CC(C)(C)c1ccc(Oc2ccc3c(c2)CN2C=NC(=O)C2C3)cc1. The van der Waals surface area contributed by atoms with E-state index in [1.807, 2.05) is 23.1 Å². The Bertz CT molecular complexity index is 847. The van der Waals surface area contributed by atoms with Crippen LogP contribution in [-0.4, -0.2) is 23.2 Å². The smallest absolute Gasteiger partial charge is 0.270 e. The second kappa shape index (κ2) is 5.73. The number of hydrogen-bond donors (Lipinski definition) is 0. The first-order valence-corrected chi connectivity index (χ1v) is 8.64. The van der Waals surface area contributed by atoms with E-state index in [2.05, 4.69) is 50.0 Å². The summed E-state index contributed by atoms with van der Waals surface area (Å²) in [5.74, 6) is 1.62. The van der Waals surface area contributed by atoms with E-state index >= 15 is 0 Å². The molecule has 4 heteroatoms. The average molecular weight is 334 g/mol. The monoisotopic (exact) mass is 334 g/mol. The first-order valence-electron chi connectivity index (χ1n) is 8.64. The molecule has 1 amide bonds. The second-order valence-corrected chi connectivity index (χ2v) is 7.78. The highest BCUT2D eigenvalue weighted by Gasteiger charge is 2.33. The number of benzene rings is 2. The van der Waals surface area contributed by atoms with Gasteiger partial charge in [0.05, 0.1) is 6.34 Å². The van der Waals surface area contributed by atoms with Crippen molar-refractivity contribution < 1.29 is 9.53 Å². The molecular formula is C21H22N2O2. The van der Waals surface area contributed by atoms with E-state index in [4.69, 9.17) is 4.74 Å². The summed E-state index contributed by atoms with van der Waals surface area (Å²) in [6, 6.07) is 14.3. The highest BCUT2D eigenvalue weighted by atomic mass is 16.5. The van der Waals surface area contributed by atoms with E-state index in [-0.39, 0.29) is 17.4 Å². The van der Waals surface area contributed by atoms with Gasteiger partial charge >= 0.3 is 0 Å². The highest BCUT2D eigenvalue weighted by molar-refractivity contribution is 5.95. The molecule has 1 atom stereocenters. The highest BCUT2D eigenvalue weighted by Crippen LogP contribution is 2.31. The van der Waals surface area contributed by atoms with Crippen molar-refractivity contribution in [2.24, 2.45) is 4.99 Å². The lowest BCUT2D eigenvalue weighted by Gasteiger charge is -2.30. The molecule has 0 spiro atoms. The van der Waals surface area contributed by atoms with Gasteiger partial charge in [-0.3, -0.25) is 4.79 Å². The standard InChI is InChI=1S/C21H22N2O2/c1-21(2,3)16-5-8-17(9-6-16)25-18-7-4-14-11-19-20(24)22-13-23(19)12-15(14)10-18/h4-10,13,19H,11-12H2,1-3H3. The first kappa shape index (κ1) is 15.9. The Hall–Kier alpha value is -2.62. The molecule has 2 aromatic carbocycles. The number of rotatable bonds is 2. The molecule has 2 aromatic rings. The molecule has 0 aliphatic carbocycles. The number of carbonyl (C=O) groups excluding carboxylic acids is 1. The zero-order valence-corrected chi connectivity index (χ0v) is 14.8. The normalized spacial score (nSPS) is 18.9. The van der Waals surface area contributed by atoms with Crippen LogP contribution < -0.4 is 4.74 Å². The Morgan fingerprint density at radius 1 is 1.04 bits per heavy atom. The Kier molecular flexibility index (Phi) is 3.64. The van der Waals surface area contributed by atoms with Gasteiger partial charge in [0.15, 0.2) is 0 Å². The Balaban J connectivity index is 1.53. The van der Waals surface area contributed by atoms with Crippen LogP contribution in [0.1, 0.15) is 37.5 Å². The maximum atomic E-state index is 11.8. The van der Waals surface area contributed by atoms with Gasteiger partial charge in [0.25, 0.3) is 5.91 Å². The number of aliphatic imine (C=N–C) groups is 1. The average Bonchev–Trinajstić information content (AvgIpc) is 2.93. The summed E-state index contributed by atoms with van der Waals surface area (Å²) in [7, 11) is 0. The van der Waals surface area contributed by atoms with Crippen LogP contribution in [0.2, 0.25) is 0 Å². The number of amides is 1. The van der Waals surface area contributed by atoms with Crippen LogP contribution in [0, 0.1) is 0 Å². The summed E-state index contributed by atoms with van der Waals surface area (Å²) >= 11 is 0. The van der Waals surface area contributed by atoms with Gasteiger partial charge in [-0.05, 0) is 46.4 Å². The number of hydrogen-bond acceptors (Lipinski definition) is 3. The van der Waals surface area contributed by atoms with Crippen LogP contribution in [0.4, 0.5) is 0 Å². The fraction of sp³-hybridized carbons (Fsp3) is 0.333. The molecular weight excluding hydrogens is 312 g/mol. The molecule has 0 radical (unpaired) electrons. The largest absolute Gasteiger partial charge is 0.457 e. The van der Waals surface area contributed by atoms with Crippen molar-refractivity contribution in [2.75, 3.05) is 0 Å². The Morgan fingerprint density at radius 3 is 2.48 bits per heavy atom. The van der Waals surface area contributed by atoms with Crippen molar-refractivity contribution >= 4 is 12.2 Å². The van der Waals surface area contributed by atoms with Gasteiger partial charge in [-0.25, -0.2) is 4.99 Å². The van der Waals surface area contributed by atoms with E-state index in [0.717, 1.165) is 11.5 Å². The second-order valence-electron chi connectivity index (χ2n) is 7.78. The fourth-order valence-corrected chi connectivity index (χ4v) is 3.37. The molecule has 2 aliphatic rings. The van der Waals surface area contributed by atoms with E-state index < -0.39 is 0 Å². The summed E-state index contributed by atoms with van der Waals surface area (Å²) < 4.78 is 6.03. The van der Waals surface area contributed by atoms with Crippen LogP contribution >= 0.6 is 0 Å². The topological polar surface area (TPSA) is 41.9 Å². The van der Waals surface area contributed by atoms with Crippen LogP contribution in [-0.2, 0) is 23.2 Å². The molecule has 128 valence electrons. The molecule has 1 unspecified atom stereocenters. The Morgan fingerprint density at radius 2 is 1.76 bits per heavy atom. The number of nitrogens with zero attached hydrogens (tertiary/aromatic N) is 2. The van der Waals surface area contributed by atoms with Crippen LogP contribution in [0.25, 0.3) is 0 Å². The fourth-order valence-electron chi connectivity index (χ4n) is 3.37. The third-order valence-electron chi connectivity index (χ3n) is 4.92. The van der Waals surface area contributed by atoms with Crippen molar-refractivity contribution in [3.8, 4) is 11.5 Å². The zero-order valence-electron chi connectivity index (χ0n) is 14.8. The predicted molar refractivity (Wildman–Crippen MR) is 98.2 cm³/mol. The zero-order chi connectivity index (χ0) is 17.6. The minimum Gasteiger partial charge on any atom is -0.457 e. The van der Waals surface area contributed by atoms with Gasteiger partial charge in [0, 0.05) is 13.0 Å². The quantitative estimate of drug-likeness (QED) is 0.831. The van der Waals surface area contributed by atoms with Crippen molar-refractivity contribution in [2.45, 2.75) is 45.2 Å². The molecule has 4 rings (SSSR count). The summed E-state index contributed by atoms with van der Waals surface area (Å²) in [4.78, 5) is 17.7. The molecule has 2 heterocycles. The van der Waals surface area contributed by atoms with Crippen LogP contribution in [0.5, 0.6) is 11.5 Å². The molecule has 4 nitrogen and oxygen atoms in total. The van der Waals surface area contributed by atoms with Gasteiger partial charge in [-0.15, -0.1) is 0 Å². The molecule has 25 heavy (non-hydrogen) atoms. The van der Waals surface area contributed by atoms with Gasteiger partial charge in [0.1, 0.15) is 17.5 Å². The molecule has 0 N–H and O–H groups in total. The number of fused-ring (bicyclic) bond motifs is 2. The van der Waals surface area contributed by atoms with E-state index in [9.17, 15) is 4.79 Å². The third kappa shape index (κ3) is 3.04. The lowest BCUT2D eigenvalue weighted by atomic mass is 9.87. The van der Waals surface area contributed by atoms with Crippen LogP contribution in [0.15, 0.2) is 47.5 Å². The number of carbonyl (C=O) groups is 1. The first-order chi connectivity index (χ1) is 11.9. The van der Waals surface area contributed by atoms with Crippen molar-refractivity contribution in [3.05, 3.63) is 59.2 Å². The maximum absolute atomic E-state index is 11.8. The van der Waals surface area contributed by atoms with Gasteiger partial charge in [-0.1, -0.05) is 39.0 Å². The molecule has 0 fully saturated rings. The third-order valence-corrected chi connectivity index (χ3v) is 4.92. The van der Waals surface area contributed by atoms with Gasteiger partial charge in [-0.2, -0.15) is 0 Å². The summed E-state index contributed by atoms with van der Waals surface area (Å²) in [6.07, 6.45) is 2.38. The van der Waals surface area contributed by atoms with E-state index in [1.54, 1.807) is 6.34 Å². The predicted octanol–water partition coefficient (Wildman–Crippen LogP) is 4.07. The van der Waals surface area contributed by atoms with Crippen LogP contribution in [0.3, 0.4) is 0 Å². The minimum absolute atomic E-state index is 0.0371. The van der Waals surface area contributed by atoms with Gasteiger partial charge < -0.3 is 9.64 Å². The van der Waals surface area contributed by atoms with Gasteiger partial charge in [0.2, 0.25) is 0 Å². The van der Waals surface area contributed by atoms with Crippen molar-refractivity contribution in [1.29, 1.82) is 0 Å². The Labute approximate surface area is 148 Å². The van der Waals surface area contributed by atoms with Crippen molar-refractivity contribution in [1.82, 2.24) is 4.90 Å².